The summed E-state index contributed by atoms with van der Waals surface area (Å²) in [5.74, 6) is 1.46. The molecule has 0 radical (unpaired) electrons. The molecule has 2 N–H and O–H groups in total. The number of Topliss-reactive ketones (excluding diaryl/α,β-unsaturated/α-hetero) is 1. The van der Waals surface area contributed by atoms with E-state index in [1.165, 1.54) is 0 Å². The molecular weight excluding hydrogens is 214 g/mol. The number of ketones is 1. The maximum Gasteiger partial charge on any atom is 0.204 e. The molecule has 1 aliphatic carbocycles. The van der Waals surface area contributed by atoms with Gasteiger partial charge in [-0.25, -0.2) is 0 Å². The molecule has 2 rings (SSSR count). The lowest BCUT2D eigenvalue weighted by Crippen LogP contribution is -2.43. The maximum absolute atomic E-state index is 12.5. The van der Waals surface area contributed by atoms with E-state index in [2.05, 4.69) is 6.92 Å². The molecule has 1 aliphatic heterocycles. The predicted molar refractivity (Wildman–Crippen MR) is 67.4 cm³/mol. The van der Waals surface area contributed by atoms with Gasteiger partial charge < -0.3 is 10.5 Å². The third-order valence-corrected chi connectivity index (χ3v) is 4.26. The molecule has 0 unspecified atom stereocenters. The summed E-state index contributed by atoms with van der Waals surface area (Å²) in [6.07, 6.45) is 7.98. The Morgan fingerprint density at radius 2 is 2.24 bits per heavy atom. The Morgan fingerprint density at radius 3 is 2.76 bits per heavy atom. The van der Waals surface area contributed by atoms with Crippen molar-refractivity contribution in [1.82, 2.24) is 0 Å². The van der Waals surface area contributed by atoms with Crippen LogP contribution in [0.25, 0.3) is 0 Å². The minimum Gasteiger partial charge on any atom is -0.490 e. The van der Waals surface area contributed by atoms with Crippen molar-refractivity contribution in [3.63, 3.8) is 0 Å². The number of hydrogen-bond acceptors (Lipinski definition) is 3. The summed E-state index contributed by atoms with van der Waals surface area (Å²) in [6, 6.07) is 0. The molecule has 0 spiro atoms. The van der Waals surface area contributed by atoms with E-state index in [9.17, 15) is 4.79 Å². The number of hydrogen-bond donors (Lipinski definition) is 1. The summed E-state index contributed by atoms with van der Waals surface area (Å²) in [4.78, 5) is 12.5. The van der Waals surface area contributed by atoms with Gasteiger partial charge in [-0.1, -0.05) is 6.92 Å². The van der Waals surface area contributed by atoms with Gasteiger partial charge in [-0.3, -0.25) is 4.79 Å². The van der Waals surface area contributed by atoms with E-state index in [1.807, 2.05) is 6.08 Å². The monoisotopic (exact) mass is 237 g/mol. The highest BCUT2D eigenvalue weighted by atomic mass is 16.5. The lowest BCUT2D eigenvalue weighted by molar-refractivity contribution is -0.130. The van der Waals surface area contributed by atoms with Crippen molar-refractivity contribution in [2.45, 2.75) is 45.4 Å². The van der Waals surface area contributed by atoms with E-state index in [1.54, 1.807) is 0 Å². The molecule has 3 heteroatoms. The van der Waals surface area contributed by atoms with Gasteiger partial charge in [0.1, 0.15) is 0 Å². The van der Waals surface area contributed by atoms with Gasteiger partial charge in [0.2, 0.25) is 5.78 Å². The minimum absolute atomic E-state index is 0.159. The summed E-state index contributed by atoms with van der Waals surface area (Å²) in [5, 5.41) is 0. The molecule has 2 aliphatic rings. The van der Waals surface area contributed by atoms with Crippen molar-refractivity contribution in [3.05, 3.63) is 11.8 Å². The number of ether oxygens (including phenoxy) is 1. The van der Waals surface area contributed by atoms with Gasteiger partial charge in [0.25, 0.3) is 0 Å². The first kappa shape index (κ1) is 12.6. The normalized spacial score (nSPS) is 33.8. The lowest BCUT2D eigenvalue weighted by Gasteiger charge is -2.37. The quantitative estimate of drug-likeness (QED) is 0.820. The fraction of sp³-hybridized carbons (Fsp3) is 0.786. The average molecular weight is 237 g/mol. The summed E-state index contributed by atoms with van der Waals surface area (Å²) < 4.78 is 5.50. The fourth-order valence-corrected chi connectivity index (χ4v) is 2.82. The minimum atomic E-state index is -0.338. The molecule has 0 aromatic heterocycles. The Hall–Kier alpha value is -0.830. The predicted octanol–water partition coefficient (Wildman–Crippen LogP) is 2.41. The second kappa shape index (κ2) is 5.21. The van der Waals surface area contributed by atoms with Crippen LogP contribution in [-0.4, -0.2) is 18.9 Å². The number of nitrogens with two attached hydrogens (primary N) is 1. The Balaban J connectivity index is 2.12. The van der Waals surface area contributed by atoms with Crippen molar-refractivity contribution in [2.75, 3.05) is 13.2 Å². The summed E-state index contributed by atoms with van der Waals surface area (Å²) in [5.41, 5.74) is 5.55. The molecule has 1 fully saturated rings. The van der Waals surface area contributed by atoms with Gasteiger partial charge in [-0.2, -0.15) is 0 Å². The van der Waals surface area contributed by atoms with E-state index < -0.39 is 0 Å². The molecular formula is C14H23NO2. The van der Waals surface area contributed by atoms with E-state index in [0.29, 0.717) is 18.9 Å². The molecule has 0 aromatic rings. The zero-order chi connectivity index (χ0) is 12.3. The molecule has 96 valence electrons. The first-order valence-corrected chi connectivity index (χ1v) is 6.76. The van der Waals surface area contributed by atoms with Gasteiger partial charge >= 0.3 is 0 Å². The largest absolute Gasteiger partial charge is 0.490 e. The van der Waals surface area contributed by atoms with Crippen LogP contribution in [-0.2, 0) is 9.53 Å². The number of rotatable bonds is 3. The second-order valence-corrected chi connectivity index (χ2v) is 5.56. The van der Waals surface area contributed by atoms with Gasteiger partial charge in [0.15, 0.2) is 5.76 Å². The third-order valence-electron chi connectivity index (χ3n) is 4.26. The van der Waals surface area contributed by atoms with Crippen molar-refractivity contribution >= 4 is 5.78 Å². The molecule has 0 saturated heterocycles. The molecule has 1 saturated carbocycles. The van der Waals surface area contributed by atoms with Crippen LogP contribution >= 0.6 is 0 Å². The number of carbonyl (C=O) groups excluding carboxylic acids is 1. The van der Waals surface area contributed by atoms with Gasteiger partial charge in [0, 0.05) is 12.0 Å². The zero-order valence-electron chi connectivity index (χ0n) is 10.7. The first-order valence-electron chi connectivity index (χ1n) is 6.76. The highest BCUT2D eigenvalue weighted by molar-refractivity contribution is 5.98. The Kier molecular flexibility index (Phi) is 3.87. The van der Waals surface area contributed by atoms with E-state index in [4.69, 9.17) is 10.5 Å². The molecule has 1 heterocycles. The molecule has 3 nitrogen and oxygen atoms in total. The smallest absolute Gasteiger partial charge is 0.204 e. The van der Waals surface area contributed by atoms with E-state index >= 15 is 0 Å². The van der Waals surface area contributed by atoms with Crippen molar-refractivity contribution in [3.8, 4) is 0 Å². The van der Waals surface area contributed by atoms with Gasteiger partial charge in [-0.05, 0) is 50.5 Å². The van der Waals surface area contributed by atoms with E-state index in [-0.39, 0.29) is 11.2 Å². The summed E-state index contributed by atoms with van der Waals surface area (Å²) >= 11 is 0. The standard InChI is InChI=1S/C14H23NO2/c1-11-5-7-14(10-15,8-6-11)13(16)12-4-2-3-9-17-12/h4,11H,2-3,5-10,15H2,1H3. The van der Waals surface area contributed by atoms with Crippen molar-refractivity contribution < 1.29 is 9.53 Å². The molecule has 0 amide bonds. The highest BCUT2D eigenvalue weighted by Crippen LogP contribution is 2.40. The average Bonchev–Trinajstić information content (AvgIpc) is 2.40. The van der Waals surface area contributed by atoms with Crippen molar-refractivity contribution in [2.24, 2.45) is 17.1 Å². The van der Waals surface area contributed by atoms with Crippen LogP contribution < -0.4 is 5.73 Å². The van der Waals surface area contributed by atoms with Crippen LogP contribution in [0.1, 0.15) is 45.4 Å². The Labute approximate surface area is 103 Å². The van der Waals surface area contributed by atoms with Crippen LogP contribution in [0, 0.1) is 11.3 Å². The summed E-state index contributed by atoms with van der Waals surface area (Å²) in [6.45, 7) is 3.38. The SMILES string of the molecule is CC1CCC(CN)(C(=O)C2=CCCCO2)CC1. The van der Waals surface area contributed by atoms with Crippen LogP contribution in [0.4, 0.5) is 0 Å². The van der Waals surface area contributed by atoms with Crippen LogP contribution in [0.3, 0.4) is 0 Å². The number of carbonyl (C=O) groups is 1. The van der Waals surface area contributed by atoms with Gasteiger partial charge in [0.05, 0.1) is 6.61 Å². The molecule has 17 heavy (non-hydrogen) atoms. The molecule has 0 atom stereocenters. The zero-order valence-corrected chi connectivity index (χ0v) is 10.7. The highest BCUT2D eigenvalue weighted by Gasteiger charge is 2.41. The Bertz CT molecular complexity index is 314. The second-order valence-electron chi connectivity index (χ2n) is 5.56. The van der Waals surface area contributed by atoms with Crippen LogP contribution in [0.5, 0.6) is 0 Å². The van der Waals surface area contributed by atoms with Gasteiger partial charge in [-0.15, -0.1) is 0 Å². The van der Waals surface area contributed by atoms with Crippen LogP contribution in [0.15, 0.2) is 11.8 Å². The third kappa shape index (κ3) is 2.54. The summed E-state index contributed by atoms with van der Waals surface area (Å²) in [7, 11) is 0. The molecule has 0 aromatic carbocycles. The Morgan fingerprint density at radius 1 is 1.53 bits per heavy atom. The lowest BCUT2D eigenvalue weighted by atomic mass is 9.68. The fourth-order valence-electron chi connectivity index (χ4n) is 2.82. The molecule has 0 bridgehead atoms. The first-order chi connectivity index (χ1) is 8.18. The topological polar surface area (TPSA) is 52.3 Å². The maximum atomic E-state index is 12.5. The van der Waals surface area contributed by atoms with Crippen LogP contribution in [0.2, 0.25) is 0 Å². The van der Waals surface area contributed by atoms with Crippen molar-refractivity contribution in [1.29, 1.82) is 0 Å². The van der Waals surface area contributed by atoms with E-state index in [0.717, 1.165) is 44.4 Å². The number of allylic oxidation sites excluding steroid dienone is 2.